The summed E-state index contributed by atoms with van der Waals surface area (Å²) < 4.78 is 16.4. The van der Waals surface area contributed by atoms with E-state index in [1.54, 1.807) is 12.1 Å². The molecule has 1 aromatic carbocycles. The van der Waals surface area contributed by atoms with Crippen molar-refractivity contribution in [3.05, 3.63) is 47.9 Å². The number of hydrogen-bond donors (Lipinski definition) is 1. The van der Waals surface area contributed by atoms with E-state index in [4.69, 9.17) is 13.9 Å². The summed E-state index contributed by atoms with van der Waals surface area (Å²) in [6, 6.07) is 9.04. The number of ether oxygens (including phenoxy) is 2. The average Bonchev–Trinajstić information content (AvgIpc) is 3.37. The first-order valence-corrected chi connectivity index (χ1v) is 9.62. The molecule has 5 rings (SSSR count). The van der Waals surface area contributed by atoms with Crippen LogP contribution in [0.15, 0.2) is 41.0 Å². The number of piperidine rings is 1. The third-order valence-electron chi connectivity index (χ3n) is 6.30. The van der Waals surface area contributed by atoms with E-state index < -0.39 is 5.60 Å². The van der Waals surface area contributed by atoms with Crippen molar-refractivity contribution in [3.8, 4) is 11.5 Å². The number of fused-ring (bicyclic) bond motifs is 2. The highest BCUT2D eigenvalue weighted by molar-refractivity contribution is 5.92. The number of hydrogen-bond acceptors (Lipinski definition) is 5. The zero-order valence-electron chi connectivity index (χ0n) is 15.1. The molecule has 1 aromatic heterocycles. The minimum Gasteiger partial charge on any atom is -0.459 e. The van der Waals surface area contributed by atoms with Gasteiger partial charge in [0.2, 0.25) is 6.79 Å². The third kappa shape index (κ3) is 2.70. The van der Waals surface area contributed by atoms with Gasteiger partial charge in [0.15, 0.2) is 17.3 Å². The summed E-state index contributed by atoms with van der Waals surface area (Å²) in [5.74, 6) is 1.62. The van der Waals surface area contributed by atoms with Crippen molar-refractivity contribution in [3.63, 3.8) is 0 Å². The van der Waals surface area contributed by atoms with Gasteiger partial charge in [-0.1, -0.05) is 18.9 Å². The number of carbonyl (C=O) groups excluding carboxylic acids is 1. The molecule has 142 valence electrons. The molecule has 2 aromatic rings. The predicted octanol–water partition coefficient (Wildman–Crippen LogP) is 3.52. The van der Waals surface area contributed by atoms with Gasteiger partial charge in [-0.2, -0.15) is 0 Å². The molecule has 2 aliphatic heterocycles. The minimum atomic E-state index is -0.723. The highest BCUT2D eigenvalue weighted by Crippen LogP contribution is 2.50. The first-order chi connectivity index (χ1) is 13.2. The van der Waals surface area contributed by atoms with Gasteiger partial charge < -0.3 is 23.9 Å². The van der Waals surface area contributed by atoms with E-state index in [2.05, 4.69) is 0 Å². The van der Waals surface area contributed by atoms with Gasteiger partial charge in [0, 0.05) is 12.5 Å². The monoisotopic (exact) mass is 369 g/mol. The van der Waals surface area contributed by atoms with Crippen LogP contribution in [0.2, 0.25) is 0 Å². The lowest BCUT2D eigenvalue weighted by Crippen LogP contribution is -2.56. The summed E-state index contributed by atoms with van der Waals surface area (Å²) in [7, 11) is 0. The van der Waals surface area contributed by atoms with Crippen LogP contribution in [0.3, 0.4) is 0 Å². The number of nitrogens with zero attached hydrogens (tertiary/aromatic N) is 1. The minimum absolute atomic E-state index is 0.000663. The molecule has 1 saturated carbocycles. The summed E-state index contributed by atoms with van der Waals surface area (Å²) in [5, 5.41) is 11.3. The maximum Gasteiger partial charge on any atom is 0.290 e. The molecule has 1 aliphatic carbocycles. The van der Waals surface area contributed by atoms with E-state index in [9.17, 15) is 9.90 Å². The molecule has 6 nitrogen and oxygen atoms in total. The Morgan fingerprint density at radius 1 is 1.15 bits per heavy atom. The molecule has 1 N–H and O–H groups in total. The first-order valence-electron chi connectivity index (χ1n) is 9.62. The lowest BCUT2D eigenvalue weighted by atomic mass is 9.66. The Balaban J connectivity index is 1.57. The fraction of sp³-hybridized carbons (Fsp3) is 0.476. The first kappa shape index (κ1) is 16.7. The van der Waals surface area contributed by atoms with Crippen molar-refractivity contribution in [2.45, 2.75) is 43.7 Å². The van der Waals surface area contributed by atoms with Crippen LogP contribution >= 0.6 is 0 Å². The molecule has 0 bridgehead atoms. The van der Waals surface area contributed by atoms with E-state index in [0.29, 0.717) is 24.5 Å². The van der Waals surface area contributed by atoms with Gasteiger partial charge in [0.1, 0.15) is 0 Å². The lowest BCUT2D eigenvalue weighted by molar-refractivity contribution is -0.115. The Kier molecular flexibility index (Phi) is 3.90. The summed E-state index contributed by atoms with van der Waals surface area (Å²) in [4.78, 5) is 15.0. The van der Waals surface area contributed by atoms with Crippen LogP contribution < -0.4 is 9.47 Å². The Morgan fingerprint density at radius 2 is 2.04 bits per heavy atom. The molecule has 3 aliphatic rings. The van der Waals surface area contributed by atoms with Crippen LogP contribution in [0, 0.1) is 5.92 Å². The molecule has 0 spiro atoms. The zero-order valence-corrected chi connectivity index (χ0v) is 15.1. The van der Waals surface area contributed by atoms with Crippen molar-refractivity contribution < 1.29 is 23.8 Å². The van der Waals surface area contributed by atoms with Gasteiger partial charge in [-0.15, -0.1) is 0 Å². The van der Waals surface area contributed by atoms with Crippen LogP contribution in [0.4, 0.5) is 0 Å². The normalized spacial score (nSPS) is 29.4. The van der Waals surface area contributed by atoms with Gasteiger partial charge in [-0.3, -0.25) is 4.79 Å². The van der Waals surface area contributed by atoms with E-state index in [1.807, 2.05) is 23.1 Å². The van der Waals surface area contributed by atoms with E-state index >= 15 is 0 Å². The third-order valence-corrected chi connectivity index (χ3v) is 6.30. The number of rotatable bonds is 2. The van der Waals surface area contributed by atoms with Crippen molar-refractivity contribution in [2.75, 3.05) is 13.3 Å². The van der Waals surface area contributed by atoms with E-state index in [-0.39, 0.29) is 24.7 Å². The fourth-order valence-corrected chi connectivity index (χ4v) is 4.96. The second-order valence-electron chi connectivity index (χ2n) is 7.74. The quantitative estimate of drug-likeness (QED) is 0.877. The maximum atomic E-state index is 13.2. The largest absolute Gasteiger partial charge is 0.459 e. The van der Waals surface area contributed by atoms with Crippen LogP contribution in [0.25, 0.3) is 0 Å². The number of benzene rings is 1. The van der Waals surface area contributed by atoms with E-state index in [1.165, 1.54) is 6.26 Å². The SMILES string of the molecule is O=C(c1ccco1)N1CCC2(O)CCCCC2[C@@H]1c1ccc2c(c1)OCO2. The molecule has 27 heavy (non-hydrogen) atoms. The molecule has 2 unspecified atom stereocenters. The second-order valence-corrected chi connectivity index (χ2v) is 7.74. The summed E-state index contributed by atoms with van der Waals surface area (Å²) >= 11 is 0. The smallest absolute Gasteiger partial charge is 0.290 e. The summed E-state index contributed by atoms with van der Waals surface area (Å²) in [5.41, 5.74) is 0.253. The Morgan fingerprint density at radius 3 is 2.89 bits per heavy atom. The fourth-order valence-electron chi connectivity index (χ4n) is 4.96. The Bertz CT molecular complexity index is 848. The van der Waals surface area contributed by atoms with Crippen molar-refractivity contribution in [1.29, 1.82) is 0 Å². The van der Waals surface area contributed by atoms with Crippen molar-refractivity contribution >= 4 is 5.91 Å². The molecule has 0 radical (unpaired) electrons. The number of likely N-dealkylation sites (tertiary alicyclic amines) is 1. The molecule has 2 fully saturated rings. The molecule has 1 saturated heterocycles. The second kappa shape index (κ2) is 6.30. The lowest BCUT2D eigenvalue weighted by Gasteiger charge is -2.52. The highest BCUT2D eigenvalue weighted by Gasteiger charge is 2.50. The molecule has 6 heteroatoms. The van der Waals surface area contributed by atoms with Crippen LogP contribution in [0.1, 0.15) is 54.3 Å². The topological polar surface area (TPSA) is 72.1 Å². The molecular weight excluding hydrogens is 346 g/mol. The van der Waals surface area contributed by atoms with Gasteiger partial charge in [0.25, 0.3) is 5.91 Å². The van der Waals surface area contributed by atoms with Gasteiger partial charge >= 0.3 is 0 Å². The number of amides is 1. The van der Waals surface area contributed by atoms with Crippen molar-refractivity contribution in [2.24, 2.45) is 5.92 Å². The molecule has 3 heterocycles. The standard InChI is InChI=1S/C21H23NO5/c23-20(17-5-3-11-25-17)22-10-9-21(24)8-2-1-4-15(21)19(22)14-6-7-16-18(12-14)27-13-26-16/h3,5-7,11-12,15,19,24H,1-2,4,8-10,13H2/t15?,19-,21?/m0/s1. The van der Waals surface area contributed by atoms with Crippen LogP contribution in [0.5, 0.6) is 11.5 Å². The maximum absolute atomic E-state index is 13.2. The average molecular weight is 369 g/mol. The zero-order chi connectivity index (χ0) is 18.4. The Hall–Kier alpha value is -2.47. The molecule has 1 amide bonds. The highest BCUT2D eigenvalue weighted by atomic mass is 16.7. The Labute approximate surface area is 157 Å². The summed E-state index contributed by atoms with van der Waals surface area (Å²) in [6.45, 7) is 0.720. The van der Waals surface area contributed by atoms with E-state index in [0.717, 1.165) is 37.0 Å². The molecule has 3 atom stereocenters. The summed E-state index contributed by atoms with van der Waals surface area (Å²) in [6.07, 6.45) is 5.91. The van der Waals surface area contributed by atoms with Crippen LogP contribution in [-0.2, 0) is 0 Å². The number of furan rings is 1. The van der Waals surface area contributed by atoms with Gasteiger partial charge in [-0.05, 0) is 49.1 Å². The van der Waals surface area contributed by atoms with Gasteiger partial charge in [0.05, 0.1) is 17.9 Å². The van der Waals surface area contributed by atoms with Crippen LogP contribution in [-0.4, -0.2) is 34.9 Å². The predicted molar refractivity (Wildman–Crippen MR) is 96.6 cm³/mol. The van der Waals surface area contributed by atoms with Crippen molar-refractivity contribution in [1.82, 2.24) is 4.90 Å². The van der Waals surface area contributed by atoms with Gasteiger partial charge in [-0.25, -0.2) is 0 Å². The number of aliphatic hydroxyl groups is 1. The molecular formula is C21H23NO5. The number of carbonyl (C=O) groups is 1.